The van der Waals surface area contributed by atoms with Crippen LogP contribution in [0.3, 0.4) is 0 Å². The molecule has 1 saturated carbocycles. The summed E-state index contributed by atoms with van der Waals surface area (Å²) in [5, 5.41) is 3.45. The Hall–Kier alpha value is -0.120. The Bertz CT molecular complexity index is 179. The second kappa shape index (κ2) is 8.90. The minimum atomic E-state index is 0.0871. The van der Waals surface area contributed by atoms with Gasteiger partial charge in [-0.15, -0.1) is 0 Å². The van der Waals surface area contributed by atoms with Gasteiger partial charge in [-0.25, -0.2) is 0 Å². The molecule has 1 aliphatic carbocycles. The largest absolute Gasteiger partial charge is 0.379 e. The maximum absolute atomic E-state index is 6.13. The average molecular weight is 243 g/mol. The molecule has 1 N–H and O–H groups in total. The Morgan fingerprint density at radius 3 is 2.41 bits per heavy atom. The molecule has 0 unspecified atom stereocenters. The third-order valence-electron chi connectivity index (χ3n) is 3.45. The maximum atomic E-state index is 6.13. The van der Waals surface area contributed by atoms with Gasteiger partial charge in [0.1, 0.15) is 0 Å². The van der Waals surface area contributed by atoms with Crippen molar-refractivity contribution in [3.05, 3.63) is 0 Å². The molecule has 0 aromatic rings. The van der Waals surface area contributed by atoms with Crippen LogP contribution in [0.15, 0.2) is 0 Å². The lowest BCUT2D eigenvalue weighted by Gasteiger charge is -2.37. The highest BCUT2D eigenvalue weighted by Crippen LogP contribution is 2.31. The number of rotatable bonds is 9. The number of ether oxygens (including phenoxy) is 2. The summed E-state index contributed by atoms with van der Waals surface area (Å²) in [4.78, 5) is 0. The van der Waals surface area contributed by atoms with Gasteiger partial charge < -0.3 is 14.8 Å². The molecule has 3 heteroatoms. The van der Waals surface area contributed by atoms with Crippen LogP contribution in [-0.2, 0) is 9.47 Å². The summed E-state index contributed by atoms with van der Waals surface area (Å²) >= 11 is 0. The summed E-state index contributed by atoms with van der Waals surface area (Å²) in [5.74, 6) is 0. The van der Waals surface area contributed by atoms with Crippen LogP contribution < -0.4 is 5.32 Å². The lowest BCUT2D eigenvalue weighted by molar-refractivity contribution is -0.0858. The normalized spacial score (nSPS) is 19.4. The molecule has 1 rings (SSSR count). The smallest absolute Gasteiger partial charge is 0.0807 e. The quantitative estimate of drug-likeness (QED) is 0.632. The molecule has 0 spiro atoms. The molecule has 0 aromatic carbocycles. The van der Waals surface area contributed by atoms with Crippen molar-refractivity contribution in [2.75, 3.05) is 32.9 Å². The SMILES string of the molecule is CCCOCCOC1(CNCC)CCCCC1. The van der Waals surface area contributed by atoms with E-state index in [1.165, 1.54) is 32.1 Å². The molecule has 0 heterocycles. The van der Waals surface area contributed by atoms with E-state index >= 15 is 0 Å². The summed E-state index contributed by atoms with van der Waals surface area (Å²) in [6, 6.07) is 0. The highest BCUT2D eigenvalue weighted by molar-refractivity contribution is 4.86. The van der Waals surface area contributed by atoms with Crippen LogP contribution in [0, 0.1) is 0 Å². The molecular formula is C14H29NO2. The van der Waals surface area contributed by atoms with Crippen LogP contribution in [0.5, 0.6) is 0 Å². The Labute approximate surface area is 106 Å². The Kier molecular flexibility index (Phi) is 7.82. The second-order valence-electron chi connectivity index (χ2n) is 4.98. The number of likely N-dealkylation sites (N-methyl/N-ethyl adjacent to an activating group) is 1. The van der Waals surface area contributed by atoms with Gasteiger partial charge in [0, 0.05) is 13.2 Å². The van der Waals surface area contributed by atoms with Crippen LogP contribution >= 0.6 is 0 Å². The standard InChI is InChI=1S/C14H29NO2/c1-3-10-16-11-12-17-14(13-15-4-2)8-6-5-7-9-14/h15H,3-13H2,1-2H3. The molecule has 0 radical (unpaired) electrons. The van der Waals surface area contributed by atoms with Crippen molar-refractivity contribution in [1.82, 2.24) is 5.32 Å². The highest BCUT2D eigenvalue weighted by atomic mass is 16.5. The first-order valence-electron chi connectivity index (χ1n) is 7.25. The molecule has 0 saturated heterocycles. The molecule has 0 amide bonds. The fraction of sp³-hybridized carbons (Fsp3) is 1.00. The zero-order valence-electron chi connectivity index (χ0n) is 11.6. The Balaban J connectivity index is 2.24. The zero-order chi connectivity index (χ0) is 12.4. The van der Waals surface area contributed by atoms with E-state index in [0.29, 0.717) is 0 Å². The van der Waals surface area contributed by atoms with E-state index in [4.69, 9.17) is 9.47 Å². The lowest BCUT2D eigenvalue weighted by Crippen LogP contribution is -2.45. The van der Waals surface area contributed by atoms with Gasteiger partial charge in [-0.2, -0.15) is 0 Å². The van der Waals surface area contributed by atoms with Crippen molar-refractivity contribution < 1.29 is 9.47 Å². The first-order chi connectivity index (χ1) is 8.33. The summed E-state index contributed by atoms with van der Waals surface area (Å²) in [7, 11) is 0. The van der Waals surface area contributed by atoms with Crippen molar-refractivity contribution in [3.63, 3.8) is 0 Å². The van der Waals surface area contributed by atoms with Crippen molar-refractivity contribution >= 4 is 0 Å². The third-order valence-corrected chi connectivity index (χ3v) is 3.45. The minimum Gasteiger partial charge on any atom is -0.379 e. The highest BCUT2D eigenvalue weighted by Gasteiger charge is 2.32. The molecule has 0 aromatic heterocycles. The van der Waals surface area contributed by atoms with Crippen molar-refractivity contribution in [2.24, 2.45) is 0 Å². The Morgan fingerprint density at radius 2 is 1.76 bits per heavy atom. The van der Waals surface area contributed by atoms with E-state index in [0.717, 1.165) is 39.3 Å². The van der Waals surface area contributed by atoms with E-state index in [-0.39, 0.29) is 5.60 Å². The first kappa shape index (κ1) is 14.9. The molecule has 0 atom stereocenters. The van der Waals surface area contributed by atoms with Crippen LogP contribution in [0.1, 0.15) is 52.4 Å². The lowest BCUT2D eigenvalue weighted by atomic mass is 9.84. The van der Waals surface area contributed by atoms with Gasteiger partial charge in [0.2, 0.25) is 0 Å². The van der Waals surface area contributed by atoms with Crippen molar-refractivity contribution in [1.29, 1.82) is 0 Å². The molecule has 3 nitrogen and oxygen atoms in total. The van der Waals surface area contributed by atoms with Crippen molar-refractivity contribution in [3.8, 4) is 0 Å². The van der Waals surface area contributed by atoms with Crippen LogP contribution in [0.25, 0.3) is 0 Å². The minimum absolute atomic E-state index is 0.0871. The summed E-state index contributed by atoms with van der Waals surface area (Å²) in [5.41, 5.74) is 0.0871. The van der Waals surface area contributed by atoms with Gasteiger partial charge in [0.15, 0.2) is 0 Å². The van der Waals surface area contributed by atoms with Gasteiger partial charge in [0.25, 0.3) is 0 Å². The first-order valence-corrected chi connectivity index (χ1v) is 7.25. The van der Waals surface area contributed by atoms with Crippen LogP contribution in [-0.4, -0.2) is 38.5 Å². The van der Waals surface area contributed by atoms with Crippen LogP contribution in [0.2, 0.25) is 0 Å². The third kappa shape index (κ3) is 5.84. The van der Waals surface area contributed by atoms with Gasteiger partial charge in [0.05, 0.1) is 18.8 Å². The van der Waals surface area contributed by atoms with E-state index < -0.39 is 0 Å². The van der Waals surface area contributed by atoms with E-state index in [1.807, 2.05) is 0 Å². The predicted molar refractivity (Wildman–Crippen MR) is 71.4 cm³/mol. The van der Waals surface area contributed by atoms with Gasteiger partial charge in [-0.1, -0.05) is 33.1 Å². The summed E-state index contributed by atoms with van der Waals surface area (Å²) in [6.45, 7) is 8.64. The number of hydrogen-bond acceptors (Lipinski definition) is 3. The van der Waals surface area contributed by atoms with E-state index in [1.54, 1.807) is 0 Å². The molecular weight excluding hydrogens is 214 g/mol. The molecule has 102 valence electrons. The Morgan fingerprint density at radius 1 is 1.00 bits per heavy atom. The molecule has 1 aliphatic rings. The number of nitrogens with one attached hydrogen (secondary N) is 1. The van der Waals surface area contributed by atoms with E-state index in [9.17, 15) is 0 Å². The van der Waals surface area contributed by atoms with Gasteiger partial charge >= 0.3 is 0 Å². The van der Waals surface area contributed by atoms with Crippen LogP contribution in [0.4, 0.5) is 0 Å². The maximum Gasteiger partial charge on any atom is 0.0807 e. The average Bonchev–Trinajstić information content (AvgIpc) is 2.37. The fourth-order valence-electron chi connectivity index (χ4n) is 2.48. The van der Waals surface area contributed by atoms with Gasteiger partial charge in [-0.05, 0) is 25.8 Å². The van der Waals surface area contributed by atoms with E-state index in [2.05, 4.69) is 19.2 Å². The zero-order valence-corrected chi connectivity index (χ0v) is 11.6. The monoisotopic (exact) mass is 243 g/mol. The van der Waals surface area contributed by atoms with Crippen molar-refractivity contribution in [2.45, 2.75) is 58.0 Å². The summed E-state index contributed by atoms with van der Waals surface area (Å²) < 4.78 is 11.6. The fourth-order valence-corrected chi connectivity index (χ4v) is 2.48. The molecule has 17 heavy (non-hydrogen) atoms. The second-order valence-corrected chi connectivity index (χ2v) is 4.98. The topological polar surface area (TPSA) is 30.5 Å². The molecule has 1 fully saturated rings. The number of hydrogen-bond donors (Lipinski definition) is 1. The molecule has 0 bridgehead atoms. The predicted octanol–water partition coefficient (Wildman–Crippen LogP) is 2.74. The van der Waals surface area contributed by atoms with Gasteiger partial charge in [-0.3, -0.25) is 0 Å². The molecule has 0 aliphatic heterocycles. The summed E-state index contributed by atoms with van der Waals surface area (Å²) in [6.07, 6.45) is 7.47.